The molecule has 2 aliphatic rings. The van der Waals surface area contributed by atoms with E-state index in [4.69, 9.17) is 9.97 Å². The molecule has 1 aliphatic heterocycles. The number of hydrogen-bond acceptors (Lipinski definition) is 4. The number of aryl methyl sites for hydroxylation is 2. The largest absolute Gasteiger partial charge is 0.355 e. The number of anilines is 1. The molecule has 4 rings (SSSR count). The Kier molecular flexibility index (Phi) is 3.42. The molecule has 1 saturated heterocycles. The van der Waals surface area contributed by atoms with Gasteiger partial charge in [0.05, 0.1) is 5.56 Å². The standard InChI is InChI=1S/C18H20N4/c19-12-15-11-14-10-13-6-2-3-7-16(13)20-17(14)21-18(15)22-8-4-1-5-9-22/h10-11H,1-9H2. The Bertz CT molecular complexity index is 754. The number of piperidine rings is 1. The third-order valence-electron chi connectivity index (χ3n) is 4.84. The lowest BCUT2D eigenvalue weighted by atomic mass is 9.95. The smallest absolute Gasteiger partial charge is 0.161 e. The molecule has 4 heteroatoms. The van der Waals surface area contributed by atoms with Crippen molar-refractivity contribution < 1.29 is 0 Å². The number of nitriles is 1. The molecule has 0 spiro atoms. The second kappa shape index (κ2) is 5.57. The molecule has 0 N–H and O–H groups in total. The van der Waals surface area contributed by atoms with Crippen molar-refractivity contribution in [3.63, 3.8) is 0 Å². The minimum atomic E-state index is 0.687. The number of aromatic nitrogens is 2. The van der Waals surface area contributed by atoms with Crippen molar-refractivity contribution in [2.45, 2.75) is 44.9 Å². The Morgan fingerprint density at radius 3 is 2.59 bits per heavy atom. The highest BCUT2D eigenvalue weighted by Crippen LogP contribution is 2.28. The maximum atomic E-state index is 9.51. The maximum absolute atomic E-state index is 9.51. The van der Waals surface area contributed by atoms with E-state index in [9.17, 15) is 5.26 Å². The minimum Gasteiger partial charge on any atom is -0.355 e. The predicted molar refractivity (Wildman–Crippen MR) is 87.0 cm³/mol. The van der Waals surface area contributed by atoms with Gasteiger partial charge in [-0.25, -0.2) is 9.97 Å². The van der Waals surface area contributed by atoms with Crippen LogP contribution in [0.4, 0.5) is 5.82 Å². The summed E-state index contributed by atoms with van der Waals surface area (Å²) < 4.78 is 0. The average molecular weight is 292 g/mol. The first-order valence-corrected chi connectivity index (χ1v) is 8.34. The normalized spacial score (nSPS) is 18.0. The van der Waals surface area contributed by atoms with Gasteiger partial charge in [0.1, 0.15) is 11.9 Å². The summed E-state index contributed by atoms with van der Waals surface area (Å²) in [6.07, 6.45) is 8.27. The summed E-state index contributed by atoms with van der Waals surface area (Å²) in [4.78, 5) is 11.8. The molecule has 0 radical (unpaired) electrons. The zero-order chi connectivity index (χ0) is 14.9. The van der Waals surface area contributed by atoms with Crippen LogP contribution in [0.2, 0.25) is 0 Å². The molecule has 1 aliphatic carbocycles. The molecule has 4 nitrogen and oxygen atoms in total. The van der Waals surface area contributed by atoms with Crippen LogP contribution in [0, 0.1) is 11.3 Å². The van der Waals surface area contributed by atoms with E-state index in [1.54, 1.807) is 0 Å². The lowest BCUT2D eigenvalue weighted by molar-refractivity contribution is 0.573. The first-order chi connectivity index (χ1) is 10.8. The van der Waals surface area contributed by atoms with Crippen LogP contribution < -0.4 is 4.90 Å². The molecule has 2 aromatic rings. The second-order valence-corrected chi connectivity index (χ2v) is 6.37. The molecule has 0 bridgehead atoms. The van der Waals surface area contributed by atoms with Crippen LogP contribution in [0.1, 0.15) is 48.9 Å². The van der Waals surface area contributed by atoms with E-state index in [1.807, 2.05) is 6.07 Å². The summed E-state index contributed by atoms with van der Waals surface area (Å²) in [6, 6.07) is 6.51. The van der Waals surface area contributed by atoms with Gasteiger partial charge >= 0.3 is 0 Å². The molecule has 1 fully saturated rings. The second-order valence-electron chi connectivity index (χ2n) is 6.37. The number of nitrogens with zero attached hydrogens (tertiary/aromatic N) is 4. The van der Waals surface area contributed by atoms with Gasteiger partial charge in [-0.2, -0.15) is 5.26 Å². The number of hydrogen-bond donors (Lipinski definition) is 0. The fourth-order valence-electron chi connectivity index (χ4n) is 3.65. The molecule has 0 saturated carbocycles. The van der Waals surface area contributed by atoms with E-state index in [1.165, 1.54) is 43.4 Å². The van der Waals surface area contributed by atoms with Crippen molar-refractivity contribution in [2.24, 2.45) is 0 Å². The van der Waals surface area contributed by atoms with E-state index < -0.39 is 0 Å². The van der Waals surface area contributed by atoms with Gasteiger partial charge in [0.25, 0.3) is 0 Å². The molecule has 0 amide bonds. The fourth-order valence-corrected chi connectivity index (χ4v) is 3.65. The summed E-state index contributed by atoms with van der Waals surface area (Å²) >= 11 is 0. The van der Waals surface area contributed by atoms with E-state index >= 15 is 0 Å². The lowest BCUT2D eigenvalue weighted by Gasteiger charge is -2.28. The van der Waals surface area contributed by atoms with Crippen LogP contribution in [0.25, 0.3) is 11.0 Å². The molecular weight excluding hydrogens is 272 g/mol. The highest BCUT2D eigenvalue weighted by atomic mass is 15.2. The number of rotatable bonds is 1. The highest BCUT2D eigenvalue weighted by molar-refractivity contribution is 5.81. The van der Waals surface area contributed by atoms with Gasteiger partial charge in [0.15, 0.2) is 5.65 Å². The summed E-state index contributed by atoms with van der Waals surface area (Å²) in [5.74, 6) is 0.831. The minimum absolute atomic E-state index is 0.687. The Morgan fingerprint density at radius 1 is 0.955 bits per heavy atom. The van der Waals surface area contributed by atoms with E-state index in [2.05, 4.69) is 17.0 Å². The predicted octanol–water partition coefficient (Wildman–Crippen LogP) is 3.37. The van der Waals surface area contributed by atoms with Gasteiger partial charge < -0.3 is 4.90 Å². The summed E-state index contributed by atoms with van der Waals surface area (Å²) in [6.45, 7) is 2.00. The van der Waals surface area contributed by atoms with Crippen LogP contribution in [0.3, 0.4) is 0 Å². The van der Waals surface area contributed by atoms with Crippen LogP contribution in [0.15, 0.2) is 12.1 Å². The van der Waals surface area contributed by atoms with Crippen molar-refractivity contribution in [3.05, 3.63) is 29.0 Å². The topological polar surface area (TPSA) is 52.8 Å². The fraction of sp³-hybridized carbons (Fsp3) is 0.500. The molecule has 3 heterocycles. The molecule has 0 atom stereocenters. The zero-order valence-corrected chi connectivity index (χ0v) is 12.8. The Morgan fingerprint density at radius 2 is 1.77 bits per heavy atom. The quantitative estimate of drug-likeness (QED) is 0.808. The van der Waals surface area contributed by atoms with Crippen LogP contribution in [-0.2, 0) is 12.8 Å². The summed E-state index contributed by atoms with van der Waals surface area (Å²) in [5.41, 5.74) is 4.04. The molecule has 2 aromatic heterocycles. The van der Waals surface area contributed by atoms with Gasteiger partial charge in [-0.15, -0.1) is 0 Å². The molecular formula is C18H20N4. The van der Waals surface area contributed by atoms with Crippen molar-refractivity contribution in [1.29, 1.82) is 5.26 Å². The highest BCUT2D eigenvalue weighted by Gasteiger charge is 2.19. The molecule has 0 unspecified atom stereocenters. The van der Waals surface area contributed by atoms with Gasteiger partial charge in [0.2, 0.25) is 0 Å². The van der Waals surface area contributed by atoms with Crippen LogP contribution in [-0.4, -0.2) is 23.1 Å². The van der Waals surface area contributed by atoms with Gasteiger partial charge in [0, 0.05) is 24.2 Å². The first-order valence-electron chi connectivity index (χ1n) is 8.34. The van der Waals surface area contributed by atoms with Gasteiger partial charge in [-0.1, -0.05) is 0 Å². The summed E-state index contributed by atoms with van der Waals surface area (Å²) in [5, 5.41) is 10.5. The van der Waals surface area contributed by atoms with E-state index in [0.29, 0.717) is 5.56 Å². The molecule has 112 valence electrons. The monoisotopic (exact) mass is 292 g/mol. The van der Waals surface area contributed by atoms with Gasteiger partial charge in [-0.3, -0.25) is 0 Å². The van der Waals surface area contributed by atoms with Gasteiger partial charge in [-0.05, 0) is 62.6 Å². The third-order valence-corrected chi connectivity index (χ3v) is 4.84. The van der Waals surface area contributed by atoms with Crippen molar-refractivity contribution in [2.75, 3.05) is 18.0 Å². The average Bonchev–Trinajstić information content (AvgIpc) is 2.59. The maximum Gasteiger partial charge on any atom is 0.161 e. The van der Waals surface area contributed by atoms with Crippen molar-refractivity contribution in [1.82, 2.24) is 9.97 Å². The lowest BCUT2D eigenvalue weighted by Crippen LogP contribution is -2.31. The van der Waals surface area contributed by atoms with Crippen LogP contribution in [0.5, 0.6) is 0 Å². The third kappa shape index (κ3) is 2.31. The Labute approximate surface area is 130 Å². The number of fused-ring (bicyclic) bond motifs is 2. The Balaban J connectivity index is 1.84. The van der Waals surface area contributed by atoms with Crippen LogP contribution >= 0.6 is 0 Å². The SMILES string of the molecule is N#Cc1cc2cc3c(nc2nc1N1CCCCC1)CCCC3. The first kappa shape index (κ1) is 13.5. The van der Waals surface area contributed by atoms with E-state index in [-0.39, 0.29) is 0 Å². The summed E-state index contributed by atoms with van der Waals surface area (Å²) in [7, 11) is 0. The molecule has 0 aromatic carbocycles. The molecule has 22 heavy (non-hydrogen) atoms. The van der Waals surface area contributed by atoms with Crippen molar-refractivity contribution >= 4 is 16.9 Å². The number of pyridine rings is 2. The zero-order valence-electron chi connectivity index (χ0n) is 12.8. The Hall–Kier alpha value is -2.15. The van der Waals surface area contributed by atoms with E-state index in [0.717, 1.165) is 42.8 Å². The van der Waals surface area contributed by atoms with Crippen molar-refractivity contribution in [3.8, 4) is 6.07 Å².